The number of nitrogens with one attached hydrogen (secondary N) is 1. The Labute approximate surface area is 204 Å². The fourth-order valence-corrected chi connectivity index (χ4v) is 9.37. The maximum absolute atomic E-state index is 12.8. The van der Waals surface area contributed by atoms with E-state index in [1.807, 2.05) is 36.4 Å². The molecule has 3 aromatic rings. The van der Waals surface area contributed by atoms with E-state index in [0.717, 1.165) is 10.4 Å². The Hall–Kier alpha value is -2.82. The van der Waals surface area contributed by atoms with Crippen molar-refractivity contribution in [2.45, 2.75) is 57.3 Å². The van der Waals surface area contributed by atoms with Crippen LogP contribution >= 0.6 is 0 Å². The highest BCUT2D eigenvalue weighted by Crippen LogP contribution is 2.37. The largest absolute Gasteiger partial charge is 0.403 e. The van der Waals surface area contributed by atoms with Crippen LogP contribution in [0, 0.1) is 0 Å². The summed E-state index contributed by atoms with van der Waals surface area (Å²) < 4.78 is 13.7. The van der Waals surface area contributed by atoms with Gasteiger partial charge in [-0.1, -0.05) is 81.4 Å². The molecule has 3 atom stereocenters. The van der Waals surface area contributed by atoms with Crippen LogP contribution in [0.15, 0.2) is 76.4 Å². The molecule has 9 heteroatoms. The Balaban J connectivity index is 1.75. The molecule has 0 spiro atoms. The topological polar surface area (TPSA) is 114 Å². The molecule has 2 aromatic carbocycles. The third-order valence-electron chi connectivity index (χ3n) is 6.60. The Kier molecular flexibility index (Phi) is 7.25. The molecule has 4 rings (SSSR count). The van der Waals surface area contributed by atoms with E-state index >= 15 is 0 Å². The predicted octanol–water partition coefficient (Wildman–Crippen LogP) is 1.25. The third-order valence-corrected chi connectivity index (χ3v) is 11.6. The number of nitrogens with zero attached hydrogens (tertiary/aromatic N) is 1. The number of ether oxygens (including phenoxy) is 1. The van der Waals surface area contributed by atoms with Gasteiger partial charge in [-0.25, -0.2) is 4.79 Å². The monoisotopic (exact) mass is 496 g/mol. The summed E-state index contributed by atoms with van der Waals surface area (Å²) in [7, 11) is -2.89. The van der Waals surface area contributed by atoms with Crippen molar-refractivity contribution in [3.63, 3.8) is 0 Å². The van der Waals surface area contributed by atoms with E-state index in [-0.39, 0.29) is 30.2 Å². The van der Waals surface area contributed by atoms with Crippen molar-refractivity contribution in [2.24, 2.45) is 0 Å². The first-order valence-corrected chi connectivity index (χ1v) is 13.6. The van der Waals surface area contributed by atoms with Gasteiger partial charge >= 0.3 is 5.69 Å². The molecule has 1 aliphatic rings. The van der Waals surface area contributed by atoms with Gasteiger partial charge in [0, 0.05) is 12.6 Å². The lowest BCUT2D eigenvalue weighted by Gasteiger charge is -2.43. The summed E-state index contributed by atoms with van der Waals surface area (Å²) in [5, 5.41) is 21.4. The number of benzene rings is 2. The first-order chi connectivity index (χ1) is 16.7. The van der Waals surface area contributed by atoms with Crippen molar-refractivity contribution in [1.82, 2.24) is 9.55 Å². The lowest BCUT2D eigenvalue weighted by Crippen LogP contribution is -2.66. The standard InChI is InChI=1S/C26H32N2O6Si/c1-26(2,3)35(19-10-6-4-7-11-19,20-12-8-5-9-13-20)33-17-18-15-28(25(32)27-24(18)31)23-14-21(30)22(16-29)34-23/h4-13,15,21-23,29-30H,14,16-17H2,1-3H3,(H,27,31,32)/t21-,22+,23+/m0/s1. The second-order valence-corrected chi connectivity index (χ2v) is 14.2. The van der Waals surface area contributed by atoms with Crippen molar-refractivity contribution in [1.29, 1.82) is 0 Å². The maximum Gasteiger partial charge on any atom is 0.330 e. The molecule has 2 heterocycles. The van der Waals surface area contributed by atoms with E-state index in [1.54, 1.807) is 0 Å². The molecule has 0 amide bonds. The molecule has 1 fully saturated rings. The zero-order valence-corrected chi connectivity index (χ0v) is 21.2. The molecule has 0 radical (unpaired) electrons. The highest BCUT2D eigenvalue weighted by Gasteiger charge is 2.50. The third kappa shape index (κ3) is 4.82. The zero-order valence-electron chi connectivity index (χ0n) is 20.2. The van der Waals surface area contributed by atoms with Crippen molar-refractivity contribution in [2.75, 3.05) is 6.61 Å². The normalized spacial score (nSPS) is 20.8. The minimum atomic E-state index is -2.89. The number of hydrogen-bond donors (Lipinski definition) is 3. The lowest BCUT2D eigenvalue weighted by molar-refractivity contribution is -0.0460. The fourth-order valence-electron chi connectivity index (χ4n) is 4.84. The van der Waals surface area contributed by atoms with Crippen LogP contribution in [0.4, 0.5) is 0 Å². The van der Waals surface area contributed by atoms with E-state index in [9.17, 15) is 19.8 Å². The number of aliphatic hydroxyl groups excluding tert-OH is 2. The van der Waals surface area contributed by atoms with Gasteiger partial charge < -0.3 is 19.4 Å². The average molecular weight is 497 g/mol. The van der Waals surface area contributed by atoms with Crippen LogP contribution < -0.4 is 21.6 Å². The first-order valence-electron chi connectivity index (χ1n) is 11.7. The summed E-state index contributed by atoms with van der Waals surface area (Å²) in [5.41, 5.74) is -0.885. The van der Waals surface area contributed by atoms with Gasteiger partial charge in [-0.15, -0.1) is 0 Å². The molecule has 1 aromatic heterocycles. The van der Waals surface area contributed by atoms with E-state index in [4.69, 9.17) is 9.16 Å². The van der Waals surface area contributed by atoms with Crippen LogP contribution in [-0.4, -0.2) is 46.9 Å². The number of aromatic amines is 1. The van der Waals surface area contributed by atoms with Crippen LogP contribution in [0.3, 0.4) is 0 Å². The molecule has 3 N–H and O–H groups in total. The van der Waals surface area contributed by atoms with Gasteiger partial charge in [0.15, 0.2) is 0 Å². The van der Waals surface area contributed by atoms with Crippen LogP contribution in [0.5, 0.6) is 0 Å². The van der Waals surface area contributed by atoms with Crippen molar-refractivity contribution >= 4 is 18.7 Å². The SMILES string of the molecule is CC(C)(C)[Si](OCc1cn([C@H]2C[C@H](O)[C@@H](CO)O2)c(=O)[nH]c1=O)(c1ccccc1)c1ccccc1. The molecule has 0 aliphatic carbocycles. The number of H-pyrrole nitrogens is 1. The highest BCUT2D eigenvalue weighted by atomic mass is 28.4. The molecule has 1 saturated heterocycles. The van der Waals surface area contributed by atoms with E-state index in [1.165, 1.54) is 10.8 Å². The van der Waals surface area contributed by atoms with Crippen LogP contribution in [0.1, 0.15) is 39.0 Å². The van der Waals surface area contributed by atoms with Gasteiger partial charge in [-0.2, -0.15) is 0 Å². The van der Waals surface area contributed by atoms with Gasteiger partial charge in [0.1, 0.15) is 12.3 Å². The second kappa shape index (κ2) is 10.0. The van der Waals surface area contributed by atoms with Crippen molar-refractivity contribution in [3.8, 4) is 0 Å². The Morgan fingerprint density at radius 2 is 1.63 bits per heavy atom. The summed E-state index contributed by atoms with van der Waals surface area (Å²) in [6.45, 7) is 6.06. The molecule has 1 aliphatic heterocycles. The summed E-state index contributed by atoms with van der Waals surface area (Å²) in [5.74, 6) is 0. The smallest absolute Gasteiger partial charge is 0.330 e. The zero-order chi connectivity index (χ0) is 25.2. The molecule has 0 bridgehead atoms. The Morgan fingerprint density at radius 1 is 1.06 bits per heavy atom. The van der Waals surface area contributed by atoms with E-state index in [0.29, 0.717) is 0 Å². The number of hydrogen-bond acceptors (Lipinski definition) is 6. The molecule has 35 heavy (non-hydrogen) atoms. The first kappa shape index (κ1) is 25.3. The van der Waals surface area contributed by atoms with E-state index in [2.05, 4.69) is 50.0 Å². The summed E-state index contributed by atoms with van der Waals surface area (Å²) >= 11 is 0. The Morgan fingerprint density at radius 3 is 2.11 bits per heavy atom. The second-order valence-electron chi connectivity index (χ2n) is 9.89. The fraction of sp³-hybridized carbons (Fsp3) is 0.385. The van der Waals surface area contributed by atoms with E-state index < -0.39 is 38.0 Å². The van der Waals surface area contributed by atoms with Gasteiger partial charge in [-0.3, -0.25) is 14.3 Å². The number of rotatable bonds is 7. The Bertz CT molecular complexity index is 1210. The number of aromatic nitrogens is 2. The molecular formula is C26H32N2O6Si. The van der Waals surface area contributed by atoms with Crippen molar-refractivity contribution in [3.05, 3.63) is 93.3 Å². The van der Waals surface area contributed by atoms with Gasteiger partial charge in [0.25, 0.3) is 13.9 Å². The van der Waals surface area contributed by atoms with Crippen LogP contribution in [0.25, 0.3) is 0 Å². The summed E-state index contributed by atoms with van der Waals surface area (Å²) in [6, 6.07) is 20.2. The maximum atomic E-state index is 12.8. The molecular weight excluding hydrogens is 464 g/mol. The van der Waals surface area contributed by atoms with Gasteiger partial charge in [-0.05, 0) is 15.4 Å². The molecule has 0 saturated carbocycles. The molecule has 8 nitrogen and oxygen atoms in total. The van der Waals surface area contributed by atoms with Crippen LogP contribution in [0.2, 0.25) is 5.04 Å². The predicted molar refractivity (Wildman–Crippen MR) is 135 cm³/mol. The van der Waals surface area contributed by atoms with Crippen molar-refractivity contribution < 1.29 is 19.4 Å². The quantitative estimate of drug-likeness (QED) is 0.425. The minimum absolute atomic E-state index is 0.0123. The van der Waals surface area contributed by atoms with Gasteiger partial charge in [0.05, 0.1) is 24.9 Å². The van der Waals surface area contributed by atoms with Crippen LogP contribution in [-0.2, 0) is 15.8 Å². The molecule has 186 valence electrons. The molecule has 0 unspecified atom stereocenters. The lowest BCUT2D eigenvalue weighted by atomic mass is 10.2. The summed E-state index contributed by atoms with van der Waals surface area (Å²) in [4.78, 5) is 27.7. The number of aliphatic hydroxyl groups is 2. The minimum Gasteiger partial charge on any atom is -0.403 e. The van der Waals surface area contributed by atoms with Gasteiger partial charge in [0.2, 0.25) is 0 Å². The summed E-state index contributed by atoms with van der Waals surface area (Å²) in [6.07, 6.45) is -0.906. The highest BCUT2D eigenvalue weighted by molar-refractivity contribution is 6.99. The average Bonchev–Trinajstić information content (AvgIpc) is 3.21.